The number of methoxy groups -OCH3 is 1. The van der Waals surface area contributed by atoms with E-state index in [1.165, 1.54) is 13.2 Å². The number of aromatic nitrogens is 4. The lowest BCUT2D eigenvalue weighted by Crippen LogP contribution is -2.08. The number of benzene rings is 1. The number of halogens is 2. The molecule has 0 spiro atoms. The molecule has 23 heavy (non-hydrogen) atoms. The molecule has 2 heterocycles. The molecule has 1 aromatic carbocycles. The van der Waals surface area contributed by atoms with Crippen molar-refractivity contribution in [3.8, 4) is 6.01 Å². The summed E-state index contributed by atoms with van der Waals surface area (Å²) in [6.07, 6.45) is 5.26. The third-order valence-corrected chi connectivity index (χ3v) is 3.53. The first kappa shape index (κ1) is 15.1. The summed E-state index contributed by atoms with van der Waals surface area (Å²) in [6, 6.07) is 5.89. The van der Waals surface area contributed by atoms with Gasteiger partial charge in [0.2, 0.25) is 0 Å². The third-order valence-electron chi connectivity index (χ3n) is 3.53. The van der Waals surface area contributed by atoms with Gasteiger partial charge in [-0.05, 0) is 23.8 Å². The van der Waals surface area contributed by atoms with E-state index in [0.29, 0.717) is 12.0 Å². The van der Waals surface area contributed by atoms with Crippen LogP contribution in [0.25, 0.3) is 0 Å². The summed E-state index contributed by atoms with van der Waals surface area (Å²) in [5.41, 5.74) is 2.14. The molecule has 1 N–H and O–H groups in total. The molecule has 0 radical (unpaired) electrons. The molecule has 0 saturated heterocycles. The van der Waals surface area contributed by atoms with Gasteiger partial charge in [-0.15, -0.1) is 0 Å². The molecular weight excluding hydrogens is 302 g/mol. The molecule has 3 aromatic rings. The van der Waals surface area contributed by atoms with Crippen molar-refractivity contribution in [2.75, 3.05) is 7.11 Å². The van der Waals surface area contributed by atoms with Gasteiger partial charge in [0.25, 0.3) is 0 Å². The van der Waals surface area contributed by atoms with Crippen LogP contribution in [0.1, 0.15) is 22.9 Å². The van der Waals surface area contributed by atoms with Gasteiger partial charge in [-0.25, -0.2) is 23.7 Å². The monoisotopic (exact) mass is 316 g/mol. The highest BCUT2D eigenvalue weighted by Crippen LogP contribution is 2.28. The first-order valence-electron chi connectivity index (χ1n) is 6.96. The van der Waals surface area contributed by atoms with E-state index in [9.17, 15) is 8.78 Å². The van der Waals surface area contributed by atoms with Crippen molar-refractivity contribution in [2.24, 2.45) is 0 Å². The molecule has 0 bridgehead atoms. The standard InChI is InChI=1S/C16H14F2N4O/c1-23-16-20-5-4-11(22-16)7-12(15-8-19-9-21-15)10-2-3-13(17)14(18)6-10/h2-6,8-9,12H,7H2,1H3,(H,19,21). The van der Waals surface area contributed by atoms with E-state index >= 15 is 0 Å². The Bertz CT molecular complexity index is 793. The van der Waals surface area contributed by atoms with Gasteiger partial charge < -0.3 is 9.72 Å². The molecule has 0 aliphatic carbocycles. The van der Waals surface area contributed by atoms with Gasteiger partial charge in [0.15, 0.2) is 11.6 Å². The Hall–Kier alpha value is -2.83. The fourth-order valence-corrected chi connectivity index (χ4v) is 2.39. The molecule has 0 fully saturated rings. The Morgan fingerprint density at radius 1 is 1.22 bits per heavy atom. The quantitative estimate of drug-likeness (QED) is 0.786. The van der Waals surface area contributed by atoms with Crippen LogP contribution >= 0.6 is 0 Å². The third kappa shape index (κ3) is 3.33. The Labute approximate surface area is 131 Å². The Morgan fingerprint density at radius 2 is 2.09 bits per heavy atom. The molecule has 118 valence electrons. The van der Waals surface area contributed by atoms with Crippen LogP contribution in [-0.4, -0.2) is 27.0 Å². The summed E-state index contributed by atoms with van der Waals surface area (Å²) in [7, 11) is 1.49. The van der Waals surface area contributed by atoms with Crippen molar-refractivity contribution in [3.05, 3.63) is 71.6 Å². The lowest BCUT2D eigenvalue weighted by Gasteiger charge is -2.16. The zero-order valence-corrected chi connectivity index (χ0v) is 12.3. The predicted molar refractivity (Wildman–Crippen MR) is 79.1 cm³/mol. The molecule has 3 rings (SSSR count). The average Bonchev–Trinajstić information content (AvgIpc) is 3.10. The molecule has 1 atom stereocenters. The first-order valence-corrected chi connectivity index (χ1v) is 6.96. The van der Waals surface area contributed by atoms with Crippen LogP contribution in [0.3, 0.4) is 0 Å². The summed E-state index contributed by atoms with van der Waals surface area (Å²) >= 11 is 0. The molecule has 2 aromatic heterocycles. The van der Waals surface area contributed by atoms with Crippen molar-refractivity contribution >= 4 is 0 Å². The van der Waals surface area contributed by atoms with Gasteiger partial charge in [0.05, 0.1) is 13.4 Å². The molecule has 5 nitrogen and oxygen atoms in total. The number of hydrogen-bond donors (Lipinski definition) is 1. The van der Waals surface area contributed by atoms with Gasteiger partial charge in [0, 0.05) is 36.1 Å². The van der Waals surface area contributed by atoms with Crippen LogP contribution in [0, 0.1) is 11.6 Å². The van der Waals surface area contributed by atoms with Gasteiger partial charge in [-0.2, -0.15) is 0 Å². The Morgan fingerprint density at radius 3 is 2.78 bits per heavy atom. The molecule has 1 unspecified atom stereocenters. The molecule has 0 amide bonds. The lowest BCUT2D eigenvalue weighted by molar-refractivity contribution is 0.377. The van der Waals surface area contributed by atoms with Gasteiger partial charge in [0.1, 0.15) is 0 Å². The van der Waals surface area contributed by atoms with Crippen molar-refractivity contribution < 1.29 is 13.5 Å². The van der Waals surface area contributed by atoms with Crippen molar-refractivity contribution in [3.63, 3.8) is 0 Å². The van der Waals surface area contributed by atoms with Crippen LogP contribution in [0.15, 0.2) is 43.0 Å². The molecule has 0 saturated carbocycles. The largest absolute Gasteiger partial charge is 0.467 e. The zero-order valence-electron chi connectivity index (χ0n) is 12.3. The topological polar surface area (TPSA) is 63.7 Å². The second kappa shape index (κ2) is 6.51. The first-order chi connectivity index (χ1) is 11.2. The van der Waals surface area contributed by atoms with Crippen LogP contribution < -0.4 is 4.74 Å². The van der Waals surface area contributed by atoms with Crippen molar-refractivity contribution in [1.82, 2.24) is 19.9 Å². The highest BCUT2D eigenvalue weighted by Gasteiger charge is 2.19. The minimum absolute atomic E-state index is 0.243. The molecule has 7 heteroatoms. The van der Waals surface area contributed by atoms with Gasteiger partial charge in [-0.3, -0.25) is 0 Å². The van der Waals surface area contributed by atoms with Crippen molar-refractivity contribution in [2.45, 2.75) is 12.3 Å². The number of rotatable bonds is 5. The summed E-state index contributed by atoms with van der Waals surface area (Å²) in [4.78, 5) is 15.3. The number of H-pyrrole nitrogens is 1. The fraction of sp³-hybridized carbons (Fsp3) is 0.188. The second-order valence-corrected chi connectivity index (χ2v) is 4.97. The number of ether oxygens (including phenoxy) is 1. The van der Waals surface area contributed by atoms with Crippen LogP contribution in [0.4, 0.5) is 8.78 Å². The molecule has 0 aliphatic rings. The highest BCUT2D eigenvalue weighted by atomic mass is 19.2. The number of nitrogens with one attached hydrogen (secondary N) is 1. The Balaban J connectivity index is 1.97. The lowest BCUT2D eigenvalue weighted by atomic mass is 9.91. The van der Waals surface area contributed by atoms with Crippen molar-refractivity contribution in [1.29, 1.82) is 0 Å². The average molecular weight is 316 g/mol. The van der Waals surface area contributed by atoms with E-state index in [2.05, 4.69) is 19.9 Å². The summed E-state index contributed by atoms with van der Waals surface area (Å²) in [5.74, 6) is -2.00. The highest BCUT2D eigenvalue weighted by molar-refractivity contribution is 5.30. The second-order valence-electron chi connectivity index (χ2n) is 4.97. The minimum Gasteiger partial charge on any atom is -0.467 e. The van der Waals surface area contributed by atoms with E-state index < -0.39 is 11.6 Å². The van der Waals surface area contributed by atoms with Gasteiger partial charge >= 0.3 is 6.01 Å². The van der Waals surface area contributed by atoms with E-state index in [-0.39, 0.29) is 11.9 Å². The minimum atomic E-state index is -0.882. The van der Waals surface area contributed by atoms with E-state index in [1.807, 2.05) is 0 Å². The van der Waals surface area contributed by atoms with E-state index in [0.717, 1.165) is 17.5 Å². The number of aromatic amines is 1. The van der Waals surface area contributed by atoms with Crippen LogP contribution in [-0.2, 0) is 6.42 Å². The number of hydrogen-bond acceptors (Lipinski definition) is 4. The number of nitrogens with zero attached hydrogens (tertiary/aromatic N) is 3. The fourth-order valence-electron chi connectivity index (χ4n) is 2.39. The van der Waals surface area contributed by atoms with E-state index in [1.54, 1.807) is 30.9 Å². The molecular formula is C16H14F2N4O. The predicted octanol–water partition coefficient (Wildman–Crippen LogP) is 2.86. The maximum atomic E-state index is 13.6. The van der Waals surface area contributed by atoms with Crippen LogP contribution in [0.5, 0.6) is 6.01 Å². The van der Waals surface area contributed by atoms with E-state index in [4.69, 9.17) is 4.74 Å². The summed E-state index contributed by atoms with van der Waals surface area (Å²) in [5, 5.41) is 0. The normalized spacial score (nSPS) is 12.1. The maximum Gasteiger partial charge on any atom is 0.316 e. The summed E-state index contributed by atoms with van der Waals surface area (Å²) < 4.78 is 31.8. The summed E-state index contributed by atoms with van der Waals surface area (Å²) in [6.45, 7) is 0. The van der Waals surface area contributed by atoms with Gasteiger partial charge in [-0.1, -0.05) is 6.07 Å². The smallest absolute Gasteiger partial charge is 0.316 e. The maximum absolute atomic E-state index is 13.6. The Kier molecular flexibility index (Phi) is 4.27. The van der Waals surface area contributed by atoms with Crippen LogP contribution in [0.2, 0.25) is 0 Å². The number of imidazole rings is 1. The molecule has 0 aliphatic heterocycles. The zero-order chi connectivity index (χ0) is 16.2. The SMILES string of the molecule is COc1nccc(CC(c2ccc(F)c(F)c2)c2cnc[nH]2)n1.